The third kappa shape index (κ3) is 5.11. The fourth-order valence-electron chi connectivity index (χ4n) is 5.65. The van der Waals surface area contributed by atoms with E-state index < -0.39 is 35.8 Å². The lowest BCUT2D eigenvalue weighted by molar-refractivity contribution is -0.156. The molecule has 0 radical (unpaired) electrons. The number of anilines is 1. The van der Waals surface area contributed by atoms with Gasteiger partial charge < -0.3 is 24.8 Å². The van der Waals surface area contributed by atoms with Gasteiger partial charge in [-0.15, -0.1) is 0 Å². The van der Waals surface area contributed by atoms with Gasteiger partial charge in [0, 0.05) is 11.6 Å². The second-order valence-electron chi connectivity index (χ2n) is 9.36. The maximum absolute atomic E-state index is 14.1. The number of aliphatic hydroxyl groups is 1. The molecule has 8 heteroatoms. The first-order chi connectivity index (χ1) is 17.9. The molecule has 6 atom stereocenters. The Balaban J connectivity index is 1.77. The van der Waals surface area contributed by atoms with Gasteiger partial charge in [-0.2, -0.15) is 0 Å². The van der Waals surface area contributed by atoms with Crippen molar-refractivity contribution in [1.29, 1.82) is 0 Å². The molecule has 0 bridgehead atoms. The van der Waals surface area contributed by atoms with Crippen LogP contribution in [-0.2, 0) is 19.1 Å². The summed E-state index contributed by atoms with van der Waals surface area (Å²) >= 11 is 0. The molecule has 0 unspecified atom stereocenters. The van der Waals surface area contributed by atoms with Crippen LogP contribution in [-0.4, -0.2) is 54.2 Å². The topological polar surface area (TPSA) is 105 Å². The van der Waals surface area contributed by atoms with E-state index in [4.69, 9.17) is 9.47 Å². The molecular formula is C29H34N2O6. The van der Waals surface area contributed by atoms with E-state index in [2.05, 4.69) is 5.32 Å². The number of carbonyl (C=O) groups is 3. The monoisotopic (exact) mass is 506 g/mol. The number of nitrogens with one attached hydrogen (secondary N) is 1. The largest absolute Gasteiger partial charge is 0.497 e. The minimum absolute atomic E-state index is 0.182. The standard InChI is InChI=1S/C29H34N2O6/c1-4-18-11-16-22-25(24(18)29(35)37-5-2)28(34)31(23(17-32)19-9-7-6-8-10-19)26(22)27(33)30-20-12-14-21(36-3)15-13-20/h6-16,18,22-26,32H,4-5,17H2,1-3H3,(H,30,33)/t18-,22+,23-,24-,25-,26+/m1/s1. The maximum atomic E-state index is 14.1. The molecular weight excluding hydrogens is 472 g/mol. The van der Waals surface area contributed by atoms with Crippen LogP contribution in [0.15, 0.2) is 66.7 Å². The summed E-state index contributed by atoms with van der Waals surface area (Å²) in [5, 5.41) is 13.4. The SMILES string of the molecule is CCOC(=O)[C@H]1[C@@H]2C(=O)N([C@H](CO)c3ccccc3)[C@H](C(=O)Nc3ccc(OC)cc3)[C@H]2C=C[C@H]1CC. The molecule has 1 aliphatic heterocycles. The highest BCUT2D eigenvalue weighted by atomic mass is 16.5. The van der Waals surface area contributed by atoms with Crippen molar-refractivity contribution < 1.29 is 29.0 Å². The summed E-state index contributed by atoms with van der Waals surface area (Å²) in [5.41, 5.74) is 1.26. The van der Waals surface area contributed by atoms with Gasteiger partial charge in [-0.25, -0.2) is 0 Å². The number of aliphatic hydroxyl groups excluding tert-OH is 1. The van der Waals surface area contributed by atoms with Crippen LogP contribution < -0.4 is 10.1 Å². The second-order valence-corrected chi connectivity index (χ2v) is 9.36. The number of methoxy groups -OCH3 is 1. The number of esters is 1. The van der Waals surface area contributed by atoms with Gasteiger partial charge in [0.1, 0.15) is 11.8 Å². The molecule has 8 nitrogen and oxygen atoms in total. The molecule has 37 heavy (non-hydrogen) atoms. The van der Waals surface area contributed by atoms with E-state index in [1.54, 1.807) is 38.3 Å². The Bertz CT molecular complexity index is 1130. The number of ether oxygens (including phenoxy) is 2. The van der Waals surface area contributed by atoms with E-state index in [-0.39, 0.29) is 30.9 Å². The number of nitrogens with zero attached hydrogens (tertiary/aromatic N) is 1. The van der Waals surface area contributed by atoms with Crippen LogP contribution in [0.1, 0.15) is 31.9 Å². The predicted molar refractivity (Wildman–Crippen MR) is 139 cm³/mol. The zero-order valence-corrected chi connectivity index (χ0v) is 21.4. The molecule has 2 aromatic carbocycles. The number of fused-ring (bicyclic) bond motifs is 1. The molecule has 2 amide bonds. The highest BCUT2D eigenvalue weighted by Crippen LogP contribution is 2.48. The zero-order valence-electron chi connectivity index (χ0n) is 21.4. The van der Waals surface area contributed by atoms with Gasteiger partial charge in [-0.3, -0.25) is 14.4 Å². The Hall–Kier alpha value is -3.65. The first kappa shape index (κ1) is 26.4. The number of benzene rings is 2. The molecule has 1 fully saturated rings. The van der Waals surface area contributed by atoms with Crippen LogP contribution in [0.25, 0.3) is 0 Å². The van der Waals surface area contributed by atoms with Crippen molar-refractivity contribution in [2.24, 2.45) is 23.7 Å². The van der Waals surface area contributed by atoms with Crippen molar-refractivity contribution in [3.8, 4) is 5.75 Å². The maximum Gasteiger partial charge on any atom is 0.310 e. The summed E-state index contributed by atoms with van der Waals surface area (Å²) in [6.45, 7) is 3.54. The van der Waals surface area contributed by atoms with Crippen molar-refractivity contribution >= 4 is 23.5 Å². The average Bonchev–Trinajstić information content (AvgIpc) is 3.21. The minimum Gasteiger partial charge on any atom is -0.497 e. The lowest BCUT2D eigenvalue weighted by atomic mass is 9.69. The third-order valence-electron chi connectivity index (χ3n) is 7.40. The van der Waals surface area contributed by atoms with Crippen LogP contribution in [0.2, 0.25) is 0 Å². The van der Waals surface area contributed by atoms with Crippen LogP contribution in [0.4, 0.5) is 5.69 Å². The summed E-state index contributed by atoms with van der Waals surface area (Å²) in [4.78, 5) is 42.5. The molecule has 1 aliphatic carbocycles. The Kier molecular flexibility index (Phi) is 8.28. The summed E-state index contributed by atoms with van der Waals surface area (Å²) in [5.74, 6) is -2.70. The number of allylic oxidation sites excluding steroid dienone is 1. The van der Waals surface area contributed by atoms with Gasteiger partial charge in [-0.1, -0.05) is 49.4 Å². The van der Waals surface area contributed by atoms with E-state index in [0.717, 1.165) is 0 Å². The van der Waals surface area contributed by atoms with Crippen molar-refractivity contribution in [1.82, 2.24) is 4.90 Å². The highest BCUT2D eigenvalue weighted by Gasteiger charge is 2.59. The Morgan fingerprint density at radius 3 is 2.35 bits per heavy atom. The second kappa shape index (κ2) is 11.6. The van der Waals surface area contributed by atoms with Gasteiger partial charge in [0.2, 0.25) is 11.8 Å². The summed E-state index contributed by atoms with van der Waals surface area (Å²) in [6.07, 6.45) is 4.48. The van der Waals surface area contributed by atoms with Gasteiger partial charge in [0.05, 0.1) is 38.2 Å². The fourth-order valence-corrected chi connectivity index (χ4v) is 5.65. The molecule has 4 rings (SSSR count). The number of rotatable bonds is 9. The quantitative estimate of drug-likeness (QED) is 0.398. The highest BCUT2D eigenvalue weighted by molar-refractivity contribution is 6.01. The van der Waals surface area contributed by atoms with Gasteiger partial charge >= 0.3 is 5.97 Å². The minimum atomic E-state index is -0.928. The van der Waals surface area contributed by atoms with Gasteiger partial charge in [0.15, 0.2) is 0 Å². The van der Waals surface area contributed by atoms with Crippen molar-refractivity contribution in [2.75, 3.05) is 25.6 Å². The van der Waals surface area contributed by atoms with E-state index in [1.807, 2.05) is 49.4 Å². The lowest BCUT2D eigenvalue weighted by Crippen LogP contribution is -2.46. The van der Waals surface area contributed by atoms with Crippen LogP contribution >= 0.6 is 0 Å². The lowest BCUT2D eigenvalue weighted by Gasteiger charge is -2.34. The molecule has 1 saturated heterocycles. The fraction of sp³-hybridized carbons (Fsp3) is 0.414. The predicted octanol–water partition coefficient (Wildman–Crippen LogP) is 3.59. The van der Waals surface area contributed by atoms with Crippen LogP contribution in [0.3, 0.4) is 0 Å². The molecule has 2 N–H and O–H groups in total. The number of likely N-dealkylation sites (tertiary alicyclic amines) is 1. The molecule has 2 aromatic rings. The molecule has 0 aromatic heterocycles. The van der Waals surface area contributed by atoms with Crippen molar-refractivity contribution in [3.05, 3.63) is 72.3 Å². The first-order valence-electron chi connectivity index (χ1n) is 12.7. The molecule has 2 aliphatic rings. The summed E-state index contributed by atoms with van der Waals surface area (Å²) in [6, 6.07) is 14.4. The van der Waals surface area contributed by atoms with E-state index in [9.17, 15) is 19.5 Å². The Morgan fingerprint density at radius 1 is 1.05 bits per heavy atom. The molecule has 0 saturated carbocycles. The van der Waals surface area contributed by atoms with E-state index in [0.29, 0.717) is 23.4 Å². The number of hydrogen-bond acceptors (Lipinski definition) is 6. The molecule has 196 valence electrons. The van der Waals surface area contributed by atoms with E-state index >= 15 is 0 Å². The number of carbonyl (C=O) groups excluding carboxylic acids is 3. The first-order valence-corrected chi connectivity index (χ1v) is 12.7. The van der Waals surface area contributed by atoms with Crippen LogP contribution in [0.5, 0.6) is 5.75 Å². The Morgan fingerprint density at radius 2 is 1.76 bits per heavy atom. The van der Waals surface area contributed by atoms with Crippen molar-refractivity contribution in [2.45, 2.75) is 32.4 Å². The van der Waals surface area contributed by atoms with Crippen molar-refractivity contribution in [3.63, 3.8) is 0 Å². The molecule has 0 spiro atoms. The average molecular weight is 507 g/mol. The summed E-state index contributed by atoms with van der Waals surface area (Å²) < 4.78 is 10.6. The Labute approximate surface area is 217 Å². The van der Waals surface area contributed by atoms with E-state index in [1.165, 1.54) is 4.90 Å². The number of amides is 2. The molecule has 1 heterocycles. The smallest absolute Gasteiger partial charge is 0.310 e. The third-order valence-corrected chi connectivity index (χ3v) is 7.40. The van der Waals surface area contributed by atoms with Crippen LogP contribution in [0, 0.1) is 23.7 Å². The normalized spacial score (nSPS) is 25.4. The van der Waals surface area contributed by atoms with Gasteiger partial charge in [-0.05, 0) is 49.1 Å². The van der Waals surface area contributed by atoms with Gasteiger partial charge in [0.25, 0.3) is 0 Å². The zero-order chi connectivity index (χ0) is 26.5. The number of hydrogen-bond donors (Lipinski definition) is 2. The summed E-state index contributed by atoms with van der Waals surface area (Å²) in [7, 11) is 1.56.